The van der Waals surface area contributed by atoms with Gasteiger partial charge in [-0.3, -0.25) is 10.1 Å². The van der Waals surface area contributed by atoms with E-state index in [0.29, 0.717) is 0 Å². The van der Waals surface area contributed by atoms with Crippen LogP contribution in [0.15, 0.2) is 18.2 Å². The summed E-state index contributed by atoms with van der Waals surface area (Å²) < 4.78 is 0. The highest BCUT2D eigenvalue weighted by atomic mass is 16.6. The lowest BCUT2D eigenvalue weighted by Crippen LogP contribution is -2.12. The quantitative estimate of drug-likeness (QED) is 0.502. The number of hydrogen-bond donors (Lipinski definition) is 3. The molecule has 0 aromatic heterocycles. The molecule has 0 saturated heterocycles. The summed E-state index contributed by atoms with van der Waals surface area (Å²) in [6, 6.07) is 3.04. The molecule has 6 heteroatoms. The molecule has 0 unspecified atom stereocenters. The van der Waals surface area contributed by atoms with Crippen molar-refractivity contribution in [2.75, 3.05) is 6.61 Å². The highest BCUT2D eigenvalue weighted by molar-refractivity contribution is 5.44. The highest BCUT2D eigenvalue weighted by Crippen LogP contribution is 2.28. The van der Waals surface area contributed by atoms with Crippen LogP contribution in [0.3, 0.4) is 0 Å². The summed E-state index contributed by atoms with van der Waals surface area (Å²) in [5.74, 6) is -0.0958. The van der Waals surface area contributed by atoms with Gasteiger partial charge in [-0.15, -0.1) is 0 Å². The van der Waals surface area contributed by atoms with Crippen LogP contribution in [-0.4, -0.2) is 21.7 Å². The molecule has 0 bridgehead atoms. The van der Waals surface area contributed by atoms with Gasteiger partial charge in [0.1, 0.15) is 5.75 Å². The van der Waals surface area contributed by atoms with Crippen LogP contribution in [0.5, 0.6) is 5.75 Å². The summed E-state index contributed by atoms with van der Waals surface area (Å²) in [4.78, 5) is 9.92. The Kier molecular flexibility index (Phi) is 3.59. The van der Waals surface area contributed by atoms with Gasteiger partial charge in [0.15, 0.2) is 0 Å². The minimum absolute atomic E-state index is 0.0958. The number of phenolic OH excluding ortho intramolecular Hbond substituents is 1. The lowest BCUT2D eigenvalue weighted by molar-refractivity contribution is -0.385. The molecule has 1 rings (SSSR count). The zero-order chi connectivity index (χ0) is 11.4. The lowest BCUT2D eigenvalue weighted by Gasteiger charge is -2.11. The lowest BCUT2D eigenvalue weighted by atomic mass is 10.0. The molecular weight excluding hydrogens is 200 g/mol. The predicted molar refractivity (Wildman–Crippen MR) is 53.4 cm³/mol. The zero-order valence-electron chi connectivity index (χ0n) is 7.96. The van der Waals surface area contributed by atoms with Gasteiger partial charge in [-0.05, 0) is 12.5 Å². The van der Waals surface area contributed by atoms with Crippen molar-refractivity contribution in [2.24, 2.45) is 5.73 Å². The average molecular weight is 212 g/mol. The number of nitro groups is 1. The van der Waals surface area contributed by atoms with E-state index in [2.05, 4.69) is 0 Å². The minimum atomic E-state index is -0.602. The van der Waals surface area contributed by atoms with E-state index >= 15 is 0 Å². The summed E-state index contributed by atoms with van der Waals surface area (Å²) in [6.45, 7) is -0.136. The topological polar surface area (TPSA) is 110 Å². The van der Waals surface area contributed by atoms with Gasteiger partial charge in [0.2, 0.25) is 0 Å². The number of aromatic hydroxyl groups is 1. The van der Waals surface area contributed by atoms with Crippen molar-refractivity contribution < 1.29 is 15.1 Å². The van der Waals surface area contributed by atoms with Gasteiger partial charge in [-0.1, -0.05) is 0 Å². The number of hydrogen-bond acceptors (Lipinski definition) is 5. The third kappa shape index (κ3) is 2.64. The minimum Gasteiger partial charge on any atom is -0.508 e. The normalized spacial score (nSPS) is 12.4. The number of nitrogens with zero attached hydrogens (tertiary/aromatic N) is 1. The van der Waals surface area contributed by atoms with Crippen molar-refractivity contribution in [3.05, 3.63) is 33.9 Å². The number of nitrogens with two attached hydrogens (primary N) is 1. The van der Waals surface area contributed by atoms with E-state index in [4.69, 9.17) is 10.8 Å². The van der Waals surface area contributed by atoms with E-state index in [0.717, 1.165) is 0 Å². The van der Waals surface area contributed by atoms with Crippen LogP contribution in [0.4, 0.5) is 5.69 Å². The summed E-state index contributed by atoms with van der Waals surface area (Å²) in [7, 11) is 0. The Balaban J connectivity index is 3.04. The van der Waals surface area contributed by atoms with Crippen LogP contribution in [0, 0.1) is 10.1 Å². The molecule has 1 aromatic rings. The molecule has 4 N–H and O–H groups in total. The Morgan fingerprint density at radius 2 is 2.20 bits per heavy atom. The van der Waals surface area contributed by atoms with Gasteiger partial charge in [-0.25, -0.2) is 0 Å². The van der Waals surface area contributed by atoms with Crippen molar-refractivity contribution in [2.45, 2.75) is 12.5 Å². The van der Waals surface area contributed by atoms with Crippen molar-refractivity contribution in [3.8, 4) is 5.75 Å². The Labute approximate surface area is 86.1 Å². The third-order valence-electron chi connectivity index (χ3n) is 2.06. The molecule has 0 spiro atoms. The maximum Gasteiger partial charge on any atom is 0.270 e. The van der Waals surface area contributed by atoms with E-state index in [1.54, 1.807) is 0 Å². The maximum atomic E-state index is 10.5. The third-order valence-corrected chi connectivity index (χ3v) is 2.06. The Hall–Kier alpha value is -1.66. The van der Waals surface area contributed by atoms with Gasteiger partial charge >= 0.3 is 0 Å². The molecule has 0 radical (unpaired) electrons. The van der Waals surface area contributed by atoms with Crippen LogP contribution >= 0.6 is 0 Å². The molecule has 1 atom stereocenters. The average Bonchev–Trinajstić information content (AvgIpc) is 2.18. The van der Waals surface area contributed by atoms with Crippen molar-refractivity contribution in [1.82, 2.24) is 0 Å². The van der Waals surface area contributed by atoms with Crippen LogP contribution < -0.4 is 5.73 Å². The summed E-state index contributed by atoms with van der Waals surface area (Å²) in [5.41, 5.74) is 5.78. The monoisotopic (exact) mass is 212 g/mol. The number of aliphatic hydroxyl groups excluding tert-OH is 1. The van der Waals surface area contributed by atoms with Crippen LogP contribution in [0.1, 0.15) is 18.0 Å². The van der Waals surface area contributed by atoms with Gasteiger partial charge < -0.3 is 15.9 Å². The number of benzene rings is 1. The first kappa shape index (κ1) is 11.4. The number of phenols is 1. The Bertz CT molecular complexity index is 367. The molecule has 0 aliphatic heterocycles. The Morgan fingerprint density at radius 3 is 2.73 bits per heavy atom. The zero-order valence-corrected chi connectivity index (χ0v) is 7.96. The second kappa shape index (κ2) is 4.72. The molecule has 0 aliphatic rings. The van der Waals surface area contributed by atoms with Gasteiger partial charge in [0, 0.05) is 30.3 Å². The molecule has 1 aromatic carbocycles. The standard InChI is InChI=1S/C9H12N2O4/c10-8(3-4-12)7-5-6(11(14)15)1-2-9(7)13/h1-2,5,8,12-13H,3-4,10H2/t8-/m0/s1. The summed E-state index contributed by atoms with van der Waals surface area (Å²) in [6.07, 6.45) is 0.245. The fourth-order valence-corrected chi connectivity index (χ4v) is 1.25. The fourth-order valence-electron chi connectivity index (χ4n) is 1.25. The summed E-state index contributed by atoms with van der Waals surface area (Å²) in [5, 5.41) is 28.6. The molecule has 0 aliphatic carbocycles. The van der Waals surface area contributed by atoms with Crippen LogP contribution in [0.2, 0.25) is 0 Å². The predicted octanol–water partition coefficient (Wildman–Crippen LogP) is 0.683. The first-order chi connectivity index (χ1) is 7.06. The molecule has 0 heterocycles. The second-order valence-corrected chi connectivity index (χ2v) is 3.12. The molecule has 82 valence electrons. The van der Waals surface area contributed by atoms with Crippen LogP contribution in [-0.2, 0) is 0 Å². The maximum absolute atomic E-state index is 10.5. The number of rotatable bonds is 4. The van der Waals surface area contributed by atoms with Gasteiger partial charge in [0.05, 0.1) is 4.92 Å². The molecule has 0 amide bonds. The number of nitro benzene ring substituents is 1. The first-order valence-electron chi connectivity index (χ1n) is 4.40. The molecule has 15 heavy (non-hydrogen) atoms. The fraction of sp³-hybridized carbons (Fsp3) is 0.333. The van der Waals surface area contributed by atoms with E-state index in [1.165, 1.54) is 18.2 Å². The molecular formula is C9H12N2O4. The molecule has 0 fully saturated rings. The smallest absolute Gasteiger partial charge is 0.270 e. The summed E-state index contributed by atoms with van der Waals surface area (Å²) >= 11 is 0. The first-order valence-corrected chi connectivity index (χ1v) is 4.40. The van der Waals surface area contributed by atoms with E-state index in [-0.39, 0.29) is 30.0 Å². The number of aliphatic hydroxyl groups is 1. The molecule has 6 nitrogen and oxygen atoms in total. The highest BCUT2D eigenvalue weighted by Gasteiger charge is 2.15. The van der Waals surface area contributed by atoms with E-state index in [1.807, 2.05) is 0 Å². The van der Waals surface area contributed by atoms with Crippen molar-refractivity contribution >= 4 is 5.69 Å². The second-order valence-electron chi connectivity index (χ2n) is 3.12. The van der Waals surface area contributed by atoms with Gasteiger partial charge in [-0.2, -0.15) is 0 Å². The van der Waals surface area contributed by atoms with Gasteiger partial charge in [0.25, 0.3) is 5.69 Å². The largest absolute Gasteiger partial charge is 0.508 e. The van der Waals surface area contributed by atoms with E-state index < -0.39 is 11.0 Å². The SMILES string of the molecule is N[C@@H](CCO)c1cc([N+](=O)[O-])ccc1O. The number of non-ortho nitro benzene ring substituents is 1. The van der Waals surface area contributed by atoms with Crippen molar-refractivity contribution in [3.63, 3.8) is 0 Å². The van der Waals surface area contributed by atoms with Crippen molar-refractivity contribution in [1.29, 1.82) is 0 Å². The molecule has 0 saturated carbocycles. The Morgan fingerprint density at radius 1 is 1.53 bits per heavy atom. The van der Waals surface area contributed by atoms with Crippen LogP contribution in [0.25, 0.3) is 0 Å². The van der Waals surface area contributed by atoms with E-state index in [9.17, 15) is 15.2 Å².